The Morgan fingerprint density at radius 2 is 2.17 bits per heavy atom. The maximum absolute atomic E-state index is 11.1. The highest BCUT2D eigenvalue weighted by atomic mass is 32.2. The molecule has 0 amide bonds. The minimum Gasteiger partial charge on any atom is -0.165 e. The van der Waals surface area contributed by atoms with Crippen LogP contribution in [0, 0.1) is 0 Å². The van der Waals surface area contributed by atoms with E-state index in [0.29, 0.717) is 17.9 Å². The molecule has 0 aliphatic rings. The van der Waals surface area contributed by atoms with Crippen LogP contribution >= 0.6 is 23.9 Å². The second kappa shape index (κ2) is 5.63. The summed E-state index contributed by atoms with van der Waals surface area (Å²) in [4.78, 5) is 0. The van der Waals surface area contributed by atoms with Gasteiger partial charge in [-0.15, -0.1) is 0 Å². The van der Waals surface area contributed by atoms with Gasteiger partial charge in [-0.1, -0.05) is 0 Å². The van der Waals surface area contributed by atoms with Crippen LogP contribution in [-0.2, 0) is 0 Å². The largest absolute Gasteiger partial charge is 0.165 e. The molecule has 0 atom stereocenters. The molecule has 0 heterocycles. The third-order valence-corrected chi connectivity index (χ3v) is 1.59. The van der Waals surface area contributed by atoms with Gasteiger partial charge in [-0.05, 0) is 6.26 Å². The van der Waals surface area contributed by atoms with Gasteiger partial charge in [0.15, 0.2) is 0 Å². The lowest BCUT2D eigenvalue weighted by atomic mass is 11.0. The van der Waals surface area contributed by atoms with Crippen molar-refractivity contribution in [3.63, 3.8) is 0 Å². The van der Waals surface area contributed by atoms with Gasteiger partial charge in [0.05, 0.1) is 0 Å². The minimum absolute atomic E-state index is 0.405. The van der Waals surface area contributed by atoms with Crippen molar-refractivity contribution in [1.82, 2.24) is 0 Å². The molecule has 0 radical (unpaired) electrons. The van der Waals surface area contributed by atoms with Gasteiger partial charge in [-0.25, -0.2) is 0 Å². The fraction of sp³-hybridized carbons (Fsp3) is 1.00. The zero-order valence-corrected chi connectivity index (χ0v) is 5.24. The molecular formula is C3H7FS2. The maximum Gasteiger partial charge on any atom is 0.0451 e. The van der Waals surface area contributed by atoms with Crippen molar-refractivity contribution in [2.24, 2.45) is 0 Å². The molecule has 6 heavy (non-hydrogen) atoms. The Bertz CT molecular complexity index is 20.8. The molecule has 0 unspecified atom stereocenters. The third kappa shape index (κ3) is 4.63. The fourth-order valence-corrected chi connectivity index (χ4v) is 1.03. The first kappa shape index (κ1) is 6.63. The average Bonchev–Trinajstić information content (AvgIpc) is 1.61. The van der Waals surface area contributed by atoms with Crippen molar-refractivity contribution in [3.05, 3.63) is 0 Å². The quantitative estimate of drug-likeness (QED) is 0.530. The van der Waals surface area contributed by atoms with E-state index in [1.807, 2.05) is 6.26 Å². The van der Waals surface area contributed by atoms with E-state index in [4.69, 9.17) is 0 Å². The van der Waals surface area contributed by atoms with Crippen LogP contribution in [0.1, 0.15) is 0 Å². The van der Waals surface area contributed by atoms with Crippen molar-refractivity contribution in [1.29, 1.82) is 0 Å². The van der Waals surface area contributed by atoms with Crippen LogP contribution in [-0.4, -0.2) is 17.8 Å². The highest BCUT2D eigenvalue weighted by molar-refractivity contribution is 8.00. The summed E-state index contributed by atoms with van der Waals surface area (Å²) in [7, 11) is 0. The Morgan fingerprint density at radius 3 is 2.33 bits per heavy atom. The number of rotatable bonds is 3. The summed E-state index contributed by atoms with van der Waals surface area (Å²) in [6, 6.07) is 0. The van der Waals surface area contributed by atoms with Crippen LogP contribution in [0.15, 0.2) is 0 Å². The second-order valence-corrected chi connectivity index (χ2v) is 2.42. The number of thioether (sulfide) groups is 1. The van der Waals surface area contributed by atoms with Gasteiger partial charge < -0.3 is 0 Å². The molecule has 0 spiro atoms. The van der Waals surface area contributed by atoms with Gasteiger partial charge >= 0.3 is 0 Å². The third-order valence-electron chi connectivity index (χ3n) is 0.365. The van der Waals surface area contributed by atoms with Crippen LogP contribution in [0.5, 0.6) is 0 Å². The van der Waals surface area contributed by atoms with Crippen molar-refractivity contribution in [2.45, 2.75) is 0 Å². The Balaban J connectivity index is 2.34. The van der Waals surface area contributed by atoms with E-state index in [9.17, 15) is 3.89 Å². The first-order valence-corrected chi connectivity index (χ1v) is 3.92. The number of hydrogen-bond acceptors (Lipinski definition) is 2. The summed E-state index contributed by atoms with van der Waals surface area (Å²) >= 11 is 2.07. The molecule has 0 aromatic rings. The summed E-state index contributed by atoms with van der Waals surface area (Å²) in [5.41, 5.74) is 0. The Hall–Kier alpha value is 0.630. The smallest absolute Gasteiger partial charge is 0.0451 e. The Labute approximate surface area is 46.2 Å². The number of halogens is 1. The lowest BCUT2D eigenvalue weighted by molar-refractivity contribution is 0.937. The molecule has 0 N–H and O–H groups in total. The van der Waals surface area contributed by atoms with E-state index in [0.717, 1.165) is 5.75 Å². The van der Waals surface area contributed by atoms with Crippen LogP contribution < -0.4 is 0 Å². The minimum atomic E-state index is 0.405. The standard InChI is InChI=1S/C3H7FS2/c1-5-2-3-6-4/h2-3H2,1H3. The predicted octanol–water partition coefficient (Wildman–Crippen LogP) is 1.97. The summed E-state index contributed by atoms with van der Waals surface area (Å²) in [6.07, 6.45) is 1.97. The van der Waals surface area contributed by atoms with Crippen LogP contribution in [0.25, 0.3) is 0 Å². The molecule has 3 heteroatoms. The molecule has 0 nitrogen and oxygen atoms in total. The summed E-state index contributed by atoms with van der Waals surface area (Å²) in [5.74, 6) is 1.54. The van der Waals surface area contributed by atoms with Crippen LogP contribution in [0.2, 0.25) is 0 Å². The van der Waals surface area contributed by atoms with Gasteiger partial charge in [0.2, 0.25) is 0 Å². The molecule has 0 saturated carbocycles. The lowest BCUT2D eigenvalue weighted by Gasteiger charge is -1.83. The molecule has 0 aliphatic carbocycles. The topological polar surface area (TPSA) is 0 Å². The van der Waals surface area contributed by atoms with E-state index in [-0.39, 0.29) is 0 Å². The summed E-state index contributed by atoms with van der Waals surface area (Å²) in [6.45, 7) is 0. The van der Waals surface area contributed by atoms with Crippen molar-refractivity contribution in [3.8, 4) is 0 Å². The molecule has 0 aliphatic heterocycles. The first-order chi connectivity index (χ1) is 2.91. The zero-order valence-electron chi connectivity index (χ0n) is 3.61. The molecular weight excluding hydrogens is 119 g/mol. The highest BCUT2D eigenvalue weighted by Gasteiger charge is 1.79. The van der Waals surface area contributed by atoms with E-state index in [1.165, 1.54) is 0 Å². The van der Waals surface area contributed by atoms with Crippen LogP contribution in [0.4, 0.5) is 3.89 Å². The SMILES string of the molecule is CSCCSF. The molecule has 0 aromatic heterocycles. The first-order valence-electron chi connectivity index (χ1n) is 1.64. The molecule has 38 valence electrons. The van der Waals surface area contributed by atoms with Gasteiger partial charge in [0, 0.05) is 23.7 Å². The molecule has 0 saturated heterocycles. The van der Waals surface area contributed by atoms with E-state index in [1.54, 1.807) is 11.8 Å². The summed E-state index contributed by atoms with van der Waals surface area (Å²) < 4.78 is 11.1. The number of hydrogen-bond donors (Lipinski definition) is 0. The van der Waals surface area contributed by atoms with Gasteiger partial charge in [0.1, 0.15) is 0 Å². The van der Waals surface area contributed by atoms with Crippen molar-refractivity contribution >= 4 is 23.9 Å². The monoisotopic (exact) mass is 126 g/mol. The van der Waals surface area contributed by atoms with Crippen molar-refractivity contribution < 1.29 is 3.89 Å². The fourth-order valence-electron chi connectivity index (χ4n) is 0.115. The Kier molecular flexibility index (Phi) is 6.22. The van der Waals surface area contributed by atoms with Gasteiger partial charge in [-0.2, -0.15) is 15.6 Å². The normalized spacial score (nSPS) is 9.00. The molecule has 0 fully saturated rings. The maximum atomic E-state index is 11.1. The Morgan fingerprint density at radius 1 is 1.50 bits per heavy atom. The van der Waals surface area contributed by atoms with E-state index in [2.05, 4.69) is 0 Å². The molecule has 0 aromatic carbocycles. The average molecular weight is 126 g/mol. The van der Waals surface area contributed by atoms with E-state index >= 15 is 0 Å². The zero-order chi connectivity index (χ0) is 4.83. The lowest BCUT2D eigenvalue weighted by Crippen LogP contribution is -1.75. The van der Waals surface area contributed by atoms with Crippen LogP contribution in [0.3, 0.4) is 0 Å². The highest BCUT2D eigenvalue weighted by Crippen LogP contribution is 2.02. The predicted molar refractivity (Wildman–Crippen MR) is 31.9 cm³/mol. The second-order valence-electron chi connectivity index (χ2n) is 0.806. The summed E-state index contributed by atoms with van der Waals surface area (Å²) in [5, 5.41) is 0. The molecule has 0 bridgehead atoms. The van der Waals surface area contributed by atoms with Gasteiger partial charge in [-0.3, -0.25) is 0 Å². The van der Waals surface area contributed by atoms with E-state index < -0.39 is 0 Å². The van der Waals surface area contributed by atoms with Crippen molar-refractivity contribution in [2.75, 3.05) is 17.8 Å². The van der Waals surface area contributed by atoms with Gasteiger partial charge in [0.25, 0.3) is 0 Å². The molecule has 0 rings (SSSR count).